The van der Waals surface area contributed by atoms with E-state index in [2.05, 4.69) is 34.7 Å². The fourth-order valence-corrected chi connectivity index (χ4v) is 3.49. The van der Waals surface area contributed by atoms with E-state index in [1.165, 1.54) is 38.5 Å². The summed E-state index contributed by atoms with van der Waals surface area (Å²) in [5.41, 5.74) is 0. The summed E-state index contributed by atoms with van der Waals surface area (Å²) in [5.74, 6) is 0.668. The van der Waals surface area contributed by atoms with Gasteiger partial charge in [0.25, 0.3) is 0 Å². The minimum Gasteiger partial charge on any atom is -0.339 e. The van der Waals surface area contributed by atoms with Crippen molar-refractivity contribution in [3.05, 3.63) is 0 Å². The third kappa shape index (κ3) is 4.56. The van der Waals surface area contributed by atoms with Gasteiger partial charge in [-0.3, -0.25) is 4.79 Å². The van der Waals surface area contributed by atoms with Crippen molar-refractivity contribution in [2.24, 2.45) is 5.92 Å². The van der Waals surface area contributed by atoms with Gasteiger partial charge in [0.05, 0.1) is 0 Å². The van der Waals surface area contributed by atoms with E-state index in [1.807, 2.05) is 0 Å². The van der Waals surface area contributed by atoms with Crippen LogP contribution in [0.1, 0.15) is 65.2 Å². The van der Waals surface area contributed by atoms with Crippen molar-refractivity contribution in [2.45, 2.75) is 71.3 Å². The Morgan fingerprint density at radius 3 is 2.72 bits per heavy atom. The van der Waals surface area contributed by atoms with E-state index in [9.17, 15) is 4.79 Å². The normalized spacial score (nSPS) is 22.6. The van der Waals surface area contributed by atoms with Crippen molar-refractivity contribution in [1.29, 1.82) is 0 Å². The summed E-state index contributed by atoms with van der Waals surface area (Å²) in [5, 5.41) is 0.933. The van der Waals surface area contributed by atoms with E-state index < -0.39 is 0 Å². The van der Waals surface area contributed by atoms with Gasteiger partial charge in [0, 0.05) is 23.8 Å². The first-order chi connectivity index (χ1) is 8.74. The van der Waals surface area contributed by atoms with E-state index in [0.29, 0.717) is 11.9 Å². The second-order valence-electron chi connectivity index (χ2n) is 5.44. The van der Waals surface area contributed by atoms with Gasteiger partial charge < -0.3 is 4.90 Å². The molecule has 3 heteroatoms. The number of carbonyl (C=O) groups is 1. The van der Waals surface area contributed by atoms with Crippen molar-refractivity contribution < 1.29 is 4.79 Å². The SMILES string of the molecule is CCCCC(CC)C(=O)N1CCCCCC1CBr. The molecule has 106 valence electrons. The second-order valence-corrected chi connectivity index (χ2v) is 6.08. The van der Waals surface area contributed by atoms with Crippen LogP contribution in [0.4, 0.5) is 0 Å². The van der Waals surface area contributed by atoms with Gasteiger partial charge in [-0.1, -0.05) is 55.5 Å². The lowest BCUT2D eigenvalue weighted by Crippen LogP contribution is -2.44. The number of unbranched alkanes of at least 4 members (excludes halogenated alkanes) is 1. The van der Waals surface area contributed by atoms with Crippen LogP contribution >= 0.6 is 15.9 Å². The van der Waals surface area contributed by atoms with Crippen LogP contribution in [0.2, 0.25) is 0 Å². The molecule has 1 heterocycles. The van der Waals surface area contributed by atoms with Gasteiger partial charge in [0.1, 0.15) is 0 Å². The molecule has 1 aliphatic heterocycles. The van der Waals surface area contributed by atoms with Crippen LogP contribution in [0, 0.1) is 5.92 Å². The highest BCUT2D eigenvalue weighted by Gasteiger charge is 2.28. The van der Waals surface area contributed by atoms with Crippen LogP contribution in [0.5, 0.6) is 0 Å². The minimum atomic E-state index is 0.254. The summed E-state index contributed by atoms with van der Waals surface area (Å²) in [4.78, 5) is 14.8. The number of likely N-dealkylation sites (tertiary alicyclic amines) is 1. The molecule has 0 bridgehead atoms. The van der Waals surface area contributed by atoms with Gasteiger partial charge in [-0.2, -0.15) is 0 Å². The molecule has 0 aliphatic carbocycles. The number of rotatable bonds is 6. The van der Waals surface area contributed by atoms with Crippen molar-refractivity contribution >= 4 is 21.8 Å². The Kier molecular flexibility index (Phi) is 7.96. The lowest BCUT2D eigenvalue weighted by atomic mass is 9.97. The zero-order chi connectivity index (χ0) is 13.4. The number of halogens is 1. The summed E-state index contributed by atoms with van der Waals surface area (Å²) < 4.78 is 0. The third-order valence-corrected chi connectivity index (χ3v) is 4.83. The quantitative estimate of drug-likeness (QED) is 0.666. The molecular weight excluding hydrogens is 290 g/mol. The molecule has 2 unspecified atom stereocenters. The van der Waals surface area contributed by atoms with Gasteiger partial charge in [-0.15, -0.1) is 0 Å². The number of hydrogen-bond donors (Lipinski definition) is 0. The van der Waals surface area contributed by atoms with Crippen LogP contribution in [0.25, 0.3) is 0 Å². The maximum atomic E-state index is 12.7. The highest BCUT2D eigenvalue weighted by Crippen LogP contribution is 2.23. The fraction of sp³-hybridized carbons (Fsp3) is 0.933. The number of amides is 1. The van der Waals surface area contributed by atoms with Gasteiger partial charge in [0.15, 0.2) is 0 Å². The molecule has 0 radical (unpaired) electrons. The molecule has 0 spiro atoms. The zero-order valence-electron chi connectivity index (χ0n) is 12.0. The number of carbonyl (C=O) groups excluding carboxylic acids is 1. The molecule has 0 aromatic carbocycles. The first kappa shape index (κ1) is 16.0. The van der Waals surface area contributed by atoms with Crippen molar-refractivity contribution in [3.8, 4) is 0 Å². The Balaban J connectivity index is 2.64. The van der Waals surface area contributed by atoms with E-state index in [4.69, 9.17) is 0 Å². The Bertz CT molecular complexity index is 245. The van der Waals surface area contributed by atoms with Gasteiger partial charge >= 0.3 is 0 Å². The Morgan fingerprint density at radius 1 is 1.33 bits per heavy atom. The third-order valence-electron chi connectivity index (χ3n) is 4.09. The second kappa shape index (κ2) is 8.95. The van der Waals surface area contributed by atoms with Crippen LogP contribution in [-0.2, 0) is 4.79 Å². The Morgan fingerprint density at radius 2 is 2.11 bits per heavy atom. The topological polar surface area (TPSA) is 20.3 Å². The van der Waals surface area contributed by atoms with Gasteiger partial charge in [-0.25, -0.2) is 0 Å². The molecule has 1 rings (SSSR count). The van der Waals surface area contributed by atoms with E-state index >= 15 is 0 Å². The van der Waals surface area contributed by atoms with E-state index in [-0.39, 0.29) is 5.92 Å². The summed E-state index contributed by atoms with van der Waals surface area (Å²) >= 11 is 3.58. The molecule has 2 nitrogen and oxygen atoms in total. The lowest BCUT2D eigenvalue weighted by molar-refractivity contribution is -0.137. The molecule has 0 aromatic heterocycles. The predicted octanol–water partition coefficient (Wildman–Crippen LogP) is 4.37. The van der Waals surface area contributed by atoms with Crippen LogP contribution in [0.15, 0.2) is 0 Å². The average Bonchev–Trinajstić information content (AvgIpc) is 2.64. The maximum Gasteiger partial charge on any atom is 0.225 e. The molecule has 1 fully saturated rings. The smallest absolute Gasteiger partial charge is 0.225 e. The van der Waals surface area contributed by atoms with Gasteiger partial charge in [0.2, 0.25) is 5.91 Å². The molecule has 0 saturated carbocycles. The molecule has 1 amide bonds. The summed E-state index contributed by atoms with van der Waals surface area (Å²) in [7, 11) is 0. The van der Waals surface area contributed by atoms with E-state index in [1.54, 1.807) is 0 Å². The first-order valence-electron chi connectivity index (χ1n) is 7.61. The minimum absolute atomic E-state index is 0.254. The zero-order valence-corrected chi connectivity index (χ0v) is 13.5. The Hall–Kier alpha value is -0.0500. The standard InChI is InChI=1S/C15H28BrNO/c1-3-5-9-13(4-2)15(18)17-11-8-6-7-10-14(17)12-16/h13-14H,3-12H2,1-2H3. The summed E-state index contributed by atoms with van der Waals surface area (Å²) in [6.07, 6.45) is 9.32. The van der Waals surface area contributed by atoms with Crippen LogP contribution in [-0.4, -0.2) is 28.7 Å². The molecule has 1 aliphatic rings. The van der Waals surface area contributed by atoms with Crippen LogP contribution < -0.4 is 0 Å². The molecule has 0 N–H and O–H groups in total. The average molecular weight is 318 g/mol. The van der Waals surface area contributed by atoms with Gasteiger partial charge in [-0.05, 0) is 25.7 Å². The van der Waals surface area contributed by atoms with Crippen LogP contribution in [0.3, 0.4) is 0 Å². The molecule has 1 saturated heterocycles. The number of hydrogen-bond acceptors (Lipinski definition) is 1. The Labute approximate surface area is 121 Å². The van der Waals surface area contributed by atoms with Crippen molar-refractivity contribution in [3.63, 3.8) is 0 Å². The first-order valence-corrected chi connectivity index (χ1v) is 8.73. The molecule has 0 aromatic rings. The fourth-order valence-electron chi connectivity index (χ4n) is 2.82. The lowest BCUT2D eigenvalue weighted by Gasteiger charge is -2.32. The van der Waals surface area contributed by atoms with Crippen molar-refractivity contribution in [2.75, 3.05) is 11.9 Å². The molecule has 2 atom stereocenters. The molecule has 18 heavy (non-hydrogen) atoms. The number of nitrogens with zero attached hydrogens (tertiary/aromatic N) is 1. The van der Waals surface area contributed by atoms with E-state index in [0.717, 1.165) is 24.7 Å². The highest BCUT2D eigenvalue weighted by atomic mass is 79.9. The highest BCUT2D eigenvalue weighted by molar-refractivity contribution is 9.09. The largest absolute Gasteiger partial charge is 0.339 e. The number of alkyl halides is 1. The maximum absolute atomic E-state index is 12.7. The summed E-state index contributed by atoms with van der Waals surface area (Å²) in [6.45, 7) is 5.32. The monoisotopic (exact) mass is 317 g/mol. The molecular formula is C15H28BrNO. The summed E-state index contributed by atoms with van der Waals surface area (Å²) in [6, 6.07) is 0.427. The predicted molar refractivity (Wildman–Crippen MR) is 81.1 cm³/mol. The van der Waals surface area contributed by atoms with Crippen molar-refractivity contribution in [1.82, 2.24) is 4.90 Å².